The van der Waals surface area contributed by atoms with Crippen LogP contribution in [0.1, 0.15) is 82.8 Å². The van der Waals surface area contributed by atoms with Gasteiger partial charge in [-0.1, -0.05) is 55.2 Å². The average molecular weight is 977 g/mol. The molecule has 2 fully saturated rings. The molecule has 4 aromatic rings. The van der Waals surface area contributed by atoms with Crippen LogP contribution in [-0.2, 0) is 18.9 Å². The van der Waals surface area contributed by atoms with Crippen molar-refractivity contribution >= 4 is 105 Å². The SMILES string of the molecule is C.CCOC(=N)C1CC1.CO.COC(=O)c1cc(Br)cc(N)c1N.COC(=O)c1cc(Br)cc([N+](=O)[O-])c1N.COC(=O)c1cc(Br)cc2[nH]c(C3CC3)nc12. The molecule has 0 unspecified atom stereocenters. The number of ether oxygens (including phenoxy) is 4. The number of carbonyl (C=O) groups is 3. The van der Waals surface area contributed by atoms with E-state index in [-0.39, 0.29) is 41.6 Å². The van der Waals surface area contributed by atoms with Gasteiger partial charge in [-0.2, -0.15) is 0 Å². The summed E-state index contributed by atoms with van der Waals surface area (Å²) >= 11 is 9.63. The fourth-order valence-electron chi connectivity index (χ4n) is 4.49. The molecule has 1 heterocycles. The zero-order valence-electron chi connectivity index (χ0n) is 30.5. The van der Waals surface area contributed by atoms with E-state index in [1.165, 1.54) is 59.1 Å². The second-order valence-electron chi connectivity index (χ2n) is 11.4. The number of halogens is 3. The molecule has 0 spiro atoms. The van der Waals surface area contributed by atoms with Gasteiger partial charge in [0.25, 0.3) is 5.69 Å². The van der Waals surface area contributed by atoms with E-state index >= 15 is 0 Å². The number of esters is 3. The number of nitrogens with zero attached hydrogens (tertiary/aromatic N) is 2. The van der Waals surface area contributed by atoms with E-state index in [0.717, 1.165) is 22.9 Å². The van der Waals surface area contributed by atoms with Crippen molar-refractivity contribution in [2.45, 2.75) is 46.0 Å². The first-order chi connectivity index (χ1) is 26.1. The Hall–Kier alpha value is -4.79. The number of fused-ring (bicyclic) bond motifs is 1. The summed E-state index contributed by atoms with van der Waals surface area (Å²) in [5.74, 6) is 0.921. The summed E-state index contributed by atoms with van der Waals surface area (Å²) < 4.78 is 20.6. The number of hydrogen-bond donors (Lipinski definition) is 6. The minimum atomic E-state index is -0.711. The number of hydrogen-bond acceptors (Lipinski definition) is 15. The van der Waals surface area contributed by atoms with Gasteiger partial charge in [-0.25, -0.2) is 19.4 Å². The first-order valence-electron chi connectivity index (χ1n) is 16.2. The van der Waals surface area contributed by atoms with Gasteiger partial charge in [-0.15, -0.1) is 0 Å². The molecule has 2 aliphatic rings. The number of aromatic nitrogens is 2. The maximum Gasteiger partial charge on any atom is 0.340 e. The van der Waals surface area contributed by atoms with Crippen molar-refractivity contribution in [3.8, 4) is 0 Å². The Bertz CT molecular complexity index is 2020. The number of nitro benzene ring substituents is 1. The normalized spacial score (nSPS) is 12.2. The summed E-state index contributed by atoms with van der Waals surface area (Å²) in [7, 11) is 4.84. The van der Waals surface area contributed by atoms with Gasteiger partial charge in [0, 0.05) is 38.4 Å². The molecule has 17 nitrogen and oxygen atoms in total. The molecule has 0 radical (unpaired) electrons. The molecule has 0 atom stereocenters. The molecular weight excluding hydrogens is 930 g/mol. The monoisotopic (exact) mass is 973 g/mol. The van der Waals surface area contributed by atoms with E-state index in [1.54, 1.807) is 18.2 Å². The topological polar surface area (TPSA) is 282 Å². The Kier molecular flexibility index (Phi) is 20.5. The Morgan fingerprint density at radius 3 is 1.77 bits per heavy atom. The number of carbonyl (C=O) groups excluding carboxylic acids is 3. The summed E-state index contributed by atoms with van der Waals surface area (Å²) in [6, 6.07) is 9.46. The van der Waals surface area contributed by atoms with Gasteiger partial charge < -0.3 is 46.2 Å². The van der Waals surface area contributed by atoms with Gasteiger partial charge in [-0.05, 0) is 62.9 Å². The van der Waals surface area contributed by atoms with Gasteiger partial charge in [0.2, 0.25) is 0 Å². The van der Waals surface area contributed by atoms with Crippen LogP contribution in [0.5, 0.6) is 0 Å². The van der Waals surface area contributed by atoms with Gasteiger partial charge >= 0.3 is 17.9 Å². The van der Waals surface area contributed by atoms with Crippen LogP contribution < -0.4 is 17.2 Å². The second kappa shape index (κ2) is 23.3. The first-order valence-corrected chi connectivity index (χ1v) is 18.6. The number of nitrogen functional groups attached to an aromatic ring is 3. The Morgan fingerprint density at radius 1 is 0.839 bits per heavy atom. The van der Waals surface area contributed by atoms with Crippen molar-refractivity contribution in [2.75, 3.05) is 52.2 Å². The Morgan fingerprint density at radius 2 is 1.30 bits per heavy atom. The zero-order valence-corrected chi connectivity index (χ0v) is 35.3. The number of H-pyrrole nitrogens is 1. The number of rotatable bonds is 7. The molecule has 1 aromatic heterocycles. The molecular formula is C36H46Br3N7O10. The lowest BCUT2D eigenvalue weighted by atomic mass is 10.1. The fraction of sp³-hybridized carbons (Fsp3) is 0.361. The summed E-state index contributed by atoms with van der Waals surface area (Å²) in [4.78, 5) is 51.8. The number of aromatic amines is 1. The summed E-state index contributed by atoms with van der Waals surface area (Å²) in [5, 5.41) is 24.8. The van der Waals surface area contributed by atoms with Crippen LogP contribution in [0.4, 0.5) is 22.7 Å². The molecule has 9 N–H and O–H groups in total. The van der Waals surface area contributed by atoms with Gasteiger partial charge in [-0.3, -0.25) is 15.5 Å². The summed E-state index contributed by atoms with van der Waals surface area (Å²) in [5.41, 5.74) is 19.0. The Labute approximate surface area is 349 Å². The number of nitro groups is 1. The van der Waals surface area contributed by atoms with E-state index in [1.807, 2.05) is 13.0 Å². The smallest absolute Gasteiger partial charge is 0.340 e. The van der Waals surface area contributed by atoms with Crippen molar-refractivity contribution in [1.29, 1.82) is 5.41 Å². The molecule has 306 valence electrons. The van der Waals surface area contributed by atoms with E-state index in [4.69, 9.17) is 37.2 Å². The minimum absolute atomic E-state index is 0. The molecule has 56 heavy (non-hydrogen) atoms. The lowest BCUT2D eigenvalue weighted by Gasteiger charge is -2.06. The molecule has 2 aliphatic carbocycles. The van der Waals surface area contributed by atoms with Crippen LogP contribution in [0.2, 0.25) is 0 Å². The van der Waals surface area contributed by atoms with E-state index in [9.17, 15) is 24.5 Å². The average Bonchev–Trinajstić information content (AvgIpc) is 4.11. The number of aliphatic hydroxyl groups is 1. The predicted molar refractivity (Wildman–Crippen MR) is 225 cm³/mol. The third-order valence-corrected chi connectivity index (χ3v) is 8.87. The summed E-state index contributed by atoms with van der Waals surface area (Å²) in [6.07, 6.45) is 4.68. The van der Waals surface area contributed by atoms with Crippen LogP contribution in [0.25, 0.3) is 11.0 Å². The maximum atomic E-state index is 11.7. The fourth-order valence-corrected chi connectivity index (χ4v) is 5.87. The van der Waals surface area contributed by atoms with Crippen molar-refractivity contribution in [1.82, 2.24) is 9.97 Å². The molecule has 3 aromatic carbocycles. The third-order valence-electron chi connectivity index (χ3n) is 7.49. The minimum Gasteiger partial charge on any atom is -0.481 e. The van der Waals surface area contributed by atoms with Crippen LogP contribution in [-0.4, -0.2) is 78.8 Å². The molecule has 0 amide bonds. The lowest BCUT2D eigenvalue weighted by Crippen LogP contribution is -2.08. The highest BCUT2D eigenvalue weighted by Crippen LogP contribution is 2.39. The number of aliphatic hydroxyl groups excluding tert-OH is 1. The highest BCUT2D eigenvalue weighted by molar-refractivity contribution is 9.11. The largest absolute Gasteiger partial charge is 0.481 e. The van der Waals surface area contributed by atoms with Crippen LogP contribution in [0.3, 0.4) is 0 Å². The first kappa shape index (κ1) is 49.2. The van der Waals surface area contributed by atoms with Crippen molar-refractivity contribution in [2.24, 2.45) is 5.92 Å². The molecule has 0 bridgehead atoms. The molecule has 2 saturated carbocycles. The van der Waals surface area contributed by atoms with E-state index < -0.39 is 16.9 Å². The van der Waals surface area contributed by atoms with E-state index in [0.29, 0.717) is 50.1 Å². The quantitative estimate of drug-likeness (QED) is 0.0196. The highest BCUT2D eigenvalue weighted by atomic mass is 79.9. The molecule has 6 rings (SSSR count). The number of imidazole rings is 1. The molecule has 0 aliphatic heterocycles. The third kappa shape index (κ3) is 14.1. The van der Waals surface area contributed by atoms with Crippen molar-refractivity contribution < 1.29 is 43.4 Å². The van der Waals surface area contributed by atoms with Crippen molar-refractivity contribution in [3.05, 3.63) is 82.4 Å². The van der Waals surface area contributed by atoms with Gasteiger partial charge in [0.15, 0.2) is 5.90 Å². The summed E-state index contributed by atoms with van der Waals surface area (Å²) in [6.45, 7) is 2.56. The van der Waals surface area contributed by atoms with Crippen LogP contribution >= 0.6 is 47.8 Å². The van der Waals surface area contributed by atoms with Crippen LogP contribution in [0.15, 0.2) is 49.8 Å². The van der Waals surface area contributed by atoms with Crippen molar-refractivity contribution in [3.63, 3.8) is 0 Å². The van der Waals surface area contributed by atoms with Gasteiger partial charge in [0.05, 0.1) is 66.4 Å². The number of nitrogens with one attached hydrogen (secondary N) is 2. The molecule has 20 heteroatoms. The number of nitrogens with two attached hydrogens (primary N) is 3. The van der Waals surface area contributed by atoms with Crippen LogP contribution in [0, 0.1) is 21.4 Å². The lowest BCUT2D eigenvalue weighted by molar-refractivity contribution is -0.384. The second-order valence-corrected chi connectivity index (χ2v) is 14.1. The predicted octanol–water partition coefficient (Wildman–Crippen LogP) is 7.77. The number of anilines is 3. The Balaban J connectivity index is 0.000000375. The highest BCUT2D eigenvalue weighted by Gasteiger charge is 2.28. The zero-order chi connectivity index (χ0) is 41.6. The number of benzene rings is 3. The standard InChI is InChI=1S/C12H11BrN2O2.C8H7BrN2O4.C8H9BrN2O2.C6H11NO.CH4O.CH4/c1-17-12(16)8-4-7(13)5-9-10(8)15-11(14-9)6-2-3-6;1-15-8(12)5-2-4(9)3-6(7(5)10)11(13)14;1-13-8(12)5-2-4(9)3-6(10)7(5)11;1-2-8-6(7)5-3-4-5;1-2;/h4-6H,2-3H2,1H3,(H,14,15);2-3H,10H2,1H3;2-3H,10-11H2,1H3;5,7H,2-4H2,1H3;2H,1H3;1H4. The van der Waals surface area contributed by atoms with Gasteiger partial charge in [0.1, 0.15) is 17.0 Å². The molecule has 0 saturated heterocycles. The number of methoxy groups -OCH3 is 3. The van der Waals surface area contributed by atoms with E-state index in [2.05, 4.69) is 67.2 Å². The maximum absolute atomic E-state index is 11.7.